The lowest BCUT2D eigenvalue weighted by molar-refractivity contribution is 0.342. The van der Waals surface area contributed by atoms with Crippen LogP contribution in [0.15, 0.2) is 35.5 Å². The quantitative estimate of drug-likeness (QED) is 0.497. The van der Waals surface area contributed by atoms with Gasteiger partial charge in [-0.2, -0.15) is 0 Å². The molecule has 0 aliphatic rings. The van der Waals surface area contributed by atoms with Crippen LogP contribution in [0.1, 0.15) is 13.8 Å². The first-order chi connectivity index (χ1) is 5.70. The zero-order valence-electron chi connectivity index (χ0n) is 7.54. The van der Waals surface area contributed by atoms with E-state index < -0.39 is 0 Å². The summed E-state index contributed by atoms with van der Waals surface area (Å²) in [6.07, 6.45) is 12.5. The Kier molecular flexibility index (Phi) is 5.77. The largest absolute Gasteiger partial charge is 0.392 e. The van der Waals surface area contributed by atoms with Gasteiger partial charge >= 0.3 is 0 Å². The Morgan fingerprint density at radius 3 is 2.67 bits per heavy atom. The summed E-state index contributed by atoms with van der Waals surface area (Å²) in [6, 6.07) is 0. The van der Waals surface area contributed by atoms with Gasteiger partial charge in [-0.05, 0) is 19.4 Å². The third kappa shape index (κ3) is 5.52. The van der Waals surface area contributed by atoms with Crippen LogP contribution in [0.25, 0.3) is 0 Å². The van der Waals surface area contributed by atoms with Crippen LogP contribution in [-0.4, -0.2) is 11.7 Å². The van der Waals surface area contributed by atoms with E-state index >= 15 is 0 Å². The predicted octanol–water partition coefficient (Wildman–Crippen LogP) is 2.06. The summed E-state index contributed by atoms with van der Waals surface area (Å²) in [5, 5.41) is 8.53. The number of terminal acetylenes is 1. The molecule has 0 heterocycles. The Morgan fingerprint density at radius 1 is 1.50 bits per heavy atom. The second-order valence-electron chi connectivity index (χ2n) is 2.48. The van der Waals surface area contributed by atoms with Gasteiger partial charge in [0.2, 0.25) is 0 Å². The molecule has 0 fully saturated rings. The fourth-order valence-electron chi connectivity index (χ4n) is 0.604. The number of aliphatic hydroxyl groups excluding tert-OH is 1. The lowest BCUT2D eigenvalue weighted by Gasteiger charge is -1.87. The van der Waals surface area contributed by atoms with E-state index in [1.54, 1.807) is 6.08 Å². The van der Waals surface area contributed by atoms with Crippen LogP contribution in [0.2, 0.25) is 0 Å². The van der Waals surface area contributed by atoms with Crippen molar-refractivity contribution in [2.45, 2.75) is 13.8 Å². The highest BCUT2D eigenvalue weighted by molar-refractivity contribution is 5.29. The molecule has 0 aliphatic carbocycles. The smallest absolute Gasteiger partial charge is 0.0617 e. The normalized spacial score (nSPS) is 13.5. The zero-order chi connectivity index (χ0) is 9.40. The highest BCUT2D eigenvalue weighted by Gasteiger charge is 1.78. The minimum atomic E-state index is 0.0774. The summed E-state index contributed by atoms with van der Waals surface area (Å²) in [5.41, 5.74) is 1.92. The average Bonchev–Trinajstić information content (AvgIpc) is 2.04. The Labute approximate surface area is 74.1 Å². The molecule has 1 heteroatoms. The molecule has 0 amide bonds. The summed E-state index contributed by atoms with van der Waals surface area (Å²) in [5.74, 6) is 2.51. The lowest BCUT2D eigenvalue weighted by atomic mass is 10.2. The molecule has 0 saturated carbocycles. The van der Waals surface area contributed by atoms with Crippen molar-refractivity contribution in [3.05, 3.63) is 35.5 Å². The van der Waals surface area contributed by atoms with Crippen molar-refractivity contribution in [1.82, 2.24) is 0 Å². The fourth-order valence-corrected chi connectivity index (χ4v) is 0.604. The van der Waals surface area contributed by atoms with E-state index in [2.05, 4.69) is 5.92 Å². The van der Waals surface area contributed by atoms with Crippen molar-refractivity contribution in [2.24, 2.45) is 0 Å². The summed E-state index contributed by atoms with van der Waals surface area (Å²) in [7, 11) is 0. The SMILES string of the molecule is C#C/C(C)=C/C=C/C(C)=C\CO. The molecule has 0 saturated heterocycles. The monoisotopic (exact) mass is 162 g/mol. The first-order valence-electron chi connectivity index (χ1n) is 3.80. The summed E-state index contributed by atoms with van der Waals surface area (Å²) < 4.78 is 0. The average molecular weight is 162 g/mol. The van der Waals surface area contributed by atoms with Crippen molar-refractivity contribution in [3.63, 3.8) is 0 Å². The van der Waals surface area contributed by atoms with Crippen LogP contribution >= 0.6 is 0 Å². The van der Waals surface area contributed by atoms with E-state index in [0.29, 0.717) is 0 Å². The molecular formula is C11H14O. The van der Waals surface area contributed by atoms with Crippen molar-refractivity contribution < 1.29 is 5.11 Å². The van der Waals surface area contributed by atoms with Crippen LogP contribution < -0.4 is 0 Å². The summed E-state index contributed by atoms with van der Waals surface area (Å²) in [4.78, 5) is 0. The number of rotatable bonds is 3. The molecule has 0 unspecified atom stereocenters. The van der Waals surface area contributed by atoms with Gasteiger partial charge in [0.1, 0.15) is 0 Å². The first-order valence-corrected chi connectivity index (χ1v) is 3.80. The third-order valence-corrected chi connectivity index (χ3v) is 1.35. The van der Waals surface area contributed by atoms with Gasteiger partial charge < -0.3 is 5.11 Å². The molecule has 1 N–H and O–H groups in total. The number of hydrogen-bond acceptors (Lipinski definition) is 1. The second-order valence-corrected chi connectivity index (χ2v) is 2.48. The maximum Gasteiger partial charge on any atom is 0.0617 e. The Hall–Kier alpha value is -1.26. The van der Waals surface area contributed by atoms with E-state index in [1.165, 1.54) is 0 Å². The Balaban J connectivity index is 4.11. The van der Waals surface area contributed by atoms with E-state index in [0.717, 1.165) is 11.1 Å². The highest BCUT2D eigenvalue weighted by Crippen LogP contribution is 1.96. The van der Waals surface area contributed by atoms with Crippen molar-refractivity contribution in [3.8, 4) is 12.3 Å². The van der Waals surface area contributed by atoms with E-state index in [9.17, 15) is 0 Å². The minimum absolute atomic E-state index is 0.0774. The van der Waals surface area contributed by atoms with Crippen LogP contribution in [0.3, 0.4) is 0 Å². The predicted molar refractivity (Wildman–Crippen MR) is 52.6 cm³/mol. The maximum atomic E-state index is 8.53. The van der Waals surface area contributed by atoms with Gasteiger partial charge in [-0.15, -0.1) is 6.42 Å². The molecule has 0 aliphatic heterocycles. The van der Waals surface area contributed by atoms with Gasteiger partial charge in [-0.3, -0.25) is 0 Å². The summed E-state index contributed by atoms with van der Waals surface area (Å²) in [6.45, 7) is 3.87. The van der Waals surface area contributed by atoms with E-state index in [1.807, 2.05) is 32.1 Å². The topological polar surface area (TPSA) is 20.2 Å². The number of aliphatic hydroxyl groups is 1. The molecule has 64 valence electrons. The van der Waals surface area contributed by atoms with Crippen molar-refractivity contribution in [1.29, 1.82) is 0 Å². The molecule has 0 rings (SSSR count). The van der Waals surface area contributed by atoms with Gasteiger partial charge in [0, 0.05) is 0 Å². The van der Waals surface area contributed by atoms with E-state index in [-0.39, 0.29) is 6.61 Å². The van der Waals surface area contributed by atoms with Crippen molar-refractivity contribution in [2.75, 3.05) is 6.61 Å². The van der Waals surface area contributed by atoms with Crippen LogP contribution in [0.4, 0.5) is 0 Å². The van der Waals surface area contributed by atoms with Gasteiger partial charge in [0.05, 0.1) is 6.61 Å². The molecule has 0 atom stereocenters. The standard InChI is InChI=1S/C11H14O/c1-4-10(2)6-5-7-11(3)8-9-12/h1,5-8,12H,9H2,2-3H3/b7-5+,10-6+,11-8-. The lowest BCUT2D eigenvalue weighted by Crippen LogP contribution is -1.75. The molecule has 12 heavy (non-hydrogen) atoms. The molecular weight excluding hydrogens is 148 g/mol. The van der Waals surface area contributed by atoms with Gasteiger partial charge in [-0.25, -0.2) is 0 Å². The second kappa shape index (κ2) is 6.45. The summed E-state index contributed by atoms with van der Waals surface area (Å²) >= 11 is 0. The minimum Gasteiger partial charge on any atom is -0.392 e. The first kappa shape index (κ1) is 10.7. The van der Waals surface area contributed by atoms with Gasteiger partial charge in [0.25, 0.3) is 0 Å². The highest BCUT2D eigenvalue weighted by atomic mass is 16.2. The fraction of sp³-hybridized carbons (Fsp3) is 0.273. The molecule has 1 nitrogen and oxygen atoms in total. The third-order valence-electron chi connectivity index (χ3n) is 1.35. The maximum absolute atomic E-state index is 8.53. The van der Waals surface area contributed by atoms with E-state index in [4.69, 9.17) is 11.5 Å². The Morgan fingerprint density at radius 2 is 2.17 bits per heavy atom. The molecule has 0 bridgehead atoms. The molecule has 0 spiro atoms. The number of allylic oxidation sites excluding steroid dienone is 5. The molecule has 0 radical (unpaired) electrons. The van der Waals surface area contributed by atoms with Crippen LogP contribution in [-0.2, 0) is 0 Å². The molecule has 0 aromatic carbocycles. The molecule has 0 aromatic heterocycles. The zero-order valence-corrected chi connectivity index (χ0v) is 7.54. The molecule has 0 aromatic rings. The Bertz CT molecular complexity index is 249. The van der Waals surface area contributed by atoms with Crippen molar-refractivity contribution >= 4 is 0 Å². The van der Waals surface area contributed by atoms with Gasteiger partial charge in [0.15, 0.2) is 0 Å². The number of hydrogen-bond donors (Lipinski definition) is 1. The van der Waals surface area contributed by atoms with Crippen LogP contribution in [0, 0.1) is 12.3 Å². The van der Waals surface area contributed by atoms with Crippen LogP contribution in [0.5, 0.6) is 0 Å². The van der Waals surface area contributed by atoms with Gasteiger partial charge in [-0.1, -0.05) is 35.8 Å².